The molecule has 0 spiro atoms. The van der Waals surface area contributed by atoms with E-state index in [2.05, 4.69) is 18.7 Å². The summed E-state index contributed by atoms with van der Waals surface area (Å²) in [6.45, 7) is 8.17. The molecule has 27 heavy (non-hydrogen) atoms. The Bertz CT molecular complexity index is 584. The smallest absolute Gasteiger partial charge is 0.409 e. The minimum atomic E-state index is -0.268. The quantitative estimate of drug-likeness (QED) is 0.614. The van der Waals surface area contributed by atoms with E-state index in [-0.39, 0.29) is 19.3 Å². The zero-order chi connectivity index (χ0) is 19.6. The third-order valence-electron chi connectivity index (χ3n) is 4.96. The molecule has 0 unspecified atom stereocenters. The zero-order valence-electron chi connectivity index (χ0n) is 16.9. The Balaban J connectivity index is 1.69. The Morgan fingerprint density at radius 2 is 1.67 bits per heavy atom. The summed E-state index contributed by atoms with van der Waals surface area (Å²) >= 11 is 0. The molecule has 7 heteroatoms. The van der Waals surface area contributed by atoms with E-state index in [0.29, 0.717) is 36.4 Å². The fraction of sp³-hybridized carbons (Fsp3) is 0.650. The van der Waals surface area contributed by atoms with Crippen LogP contribution in [0.5, 0.6) is 17.2 Å². The normalized spacial score (nSPS) is 14.9. The lowest BCUT2D eigenvalue weighted by molar-refractivity contribution is 0.0553. The van der Waals surface area contributed by atoms with Gasteiger partial charge in [-0.25, -0.2) is 4.79 Å². The molecule has 0 bridgehead atoms. The molecule has 1 aromatic rings. The Hall–Kier alpha value is -2.15. The number of amides is 1. The molecule has 0 radical (unpaired) electrons. The highest BCUT2D eigenvalue weighted by molar-refractivity contribution is 5.67. The van der Waals surface area contributed by atoms with Gasteiger partial charge >= 0.3 is 6.09 Å². The minimum Gasteiger partial charge on any atom is -0.493 e. The molecule has 0 saturated carbocycles. The summed E-state index contributed by atoms with van der Waals surface area (Å²) in [6.07, 6.45) is 2.03. The second kappa shape index (κ2) is 10.9. The van der Waals surface area contributed by atoms with Crippen molar-refractivity contribution in [2.45, 2.75) is 32.7 Å². The molecular formula is C20H32N2O5. The van der Waals surface area contributed by atoms with Gasteiger partial charge in [0, 0.05) is 38.3 Å². The highest BCUT2D eigenvalue weighted by atomic mass is 16.6. The van der Waals surface area contributed by atoms with Crippen molar-refractivity contribution in [2.24, 2.45) is 0 Å². The Kier molecular flexibility index (Phi) is 8.51. The fourth-order valence-corrected chi connectivity index (χ4v) is 3.36. The molecule has 1 fully saturated rings. The van der Waals surface area contributed by atoms with E-state index in [1.165, 1.54) is 0 Å². The first kappa shape index (κ1) is 21.2. The molecule has 152 valence electrons. The van der Waals surface area contributed by atoms with Crippen LogP contribution in [0, 0.1) is 0 Å². The lowest BCUT2D eigenvalue weighted by atomic mass is 10.1. The van der Waals surface area contributed by atoms with Gasteiger partial charge in [0.1, 0.15) is 19.0 Å². The maximum Gasteiger partial charge on any atom is 0.409 e. The van der Waals surface area contributed by atoms with Gasteiger partial charge in [-0.05, 0) is 25.0 Å². The molecule has 1 amide bonds. The lowest BCUT2D eigenvalue weighted by Crippen LogP contribution is -2.52. The first-order chi connectivity index (χ1) is 13.1. The SMILES string of the molecule is CCC(CC)N1CCN(C(=O)OCCOc2ccc(OC)c(OC)c2)CC1. The first-order valence-corrected chi connectivity index (χ1v) is 9.63. The van der Waals surface area contributed by atoms with Crippen LogP contribution in [0.3, 0.4) is 0 Å². The number of carbonyl (C=O) groups is 1. The number of piperazine rings is 1. The maximum absolute atomic E-state index is 12.2. The Morgan fingerprint density at radius 3 is 2.26 bits per heavy atom. The van der Waals surface area contributed by atoms with Crippen molar-refractivity contribution in [3.63, 3.8) is 0 Å². The number of ether oxygens (including phenoxy) is 4. The number of carbonyl (C=O) groups excluding carboxylic acids is 1. The molecule has 1 aromatic carbocycles. The van der Waals surface area contributed by atoms with E-state index in [0.717, 1.165) is 25.9 Å². The third kappa shape index (κ3) is 5.92. The summed E-state index contributed by atoms with van der Waals surface area (Å²) in [5, 5.41) is 0. The van der Waals surface area contributed by atoms with Gasteiger partial charge in [0.25, 0.3) is 0 Å². The number of benzene rings is 1. The average Bonchev–Trinajstić information content (AvgIpc) is 2.72. The highest BCUT2D eigenvalue weighted by Crippen LogP contribution is 2.30. The summed E-state index contributed by atoms with van der Waals surface area (Å²) in [5.74, 6) is 1.88. The minimum absolute atomic E-state index is 0.208. The van der Waals surface area contributed by atoms with Crippen LogP contribution < -0.4 is 14.2 Å². The molecule has 7 nitrogen and oxygen atoms in total. The number of hydrogen-bond donors (Lipinski definition) is 0. The van der Waals surface area contributed by atoms with Crippen LogP contribution in [-0.4, -0.2) is 75.5 Å². The summed E-state index contributed by atoms with van der Waals surface area (Å²) in [7, 11) is 3.16. The molecule has 1 heterocycles. The van der Waals surface area contributed by atoms with Crippen molar-refractivity contribution in [3.05, 3.63) is 18.2 Å². The van der Waals surface area contributed by atoms with Crippen molar-refractivity contribution in [2.75, 3.05) is 53.6 Å². The van der Waals surface area contributed by atoms with Crippen LogP contribution in [0.15, 0.2) is 18.2 Å². The van der Waals surface area contributed by atoms with Crippen LogP contribution >= 0.6 is 0 Å². The molecular weight excluding hydrogens is 348 g/mol. The topological polar surface area (TPSA) is 60.5 Å². The molecule has 1 aliphatic heterocycles. The summed E-state index contributed by atoms with van der Waals surface area (Å²) in [6, 6.07) is 5.93. The fourth-order valence-electron chi connectivity index (χ4n) is 3.36. The van der Waals surface area contributed by atoms with E-state index in [9.17, 15) is 4.79 Å². The number of nitrogens with zero attached hydrogens (tertiary/aromatic N) is 2. The van der Waals surface area contributed by atoms with Crippen LogP contribution in [-0.2, 0) is 4.74 Å². The largest absolute Gasteiger partial charge is 0.493 e. The predicted molar refractivity (Wildman–Crippen MR) is 104 cm³/mol. The standard InChI is InChI=1S/C20H32N2O5/c1-5-16(6-2)21-9-11-22(12-10-21)20(23)27-14-13-26-17-7-8-18(24-3)19(15-17)25-4/h7-8,15-16H,5-6,9-14H2,1-4H3. The Morgan fingerprint density at radius 1 is 1.00 bits per heavy atom. The van der Waals surface area contributed by atoms with Crippen LogP contribution in [0.1, 0.15) is 26.7 Å². The molecule has 0 N–H and O–H groups in total. The predicted octanol–water partition coefficient (Wildman–Crippen LogP) is 3.03. The van der Waals surface area contributed by atoms with Gasteiger partial charge in [-0.1, -0.05) is 13.8 Å². The molecule has 0 aromatic heterocycles. The van der Waals surface area contributed by atoms with E-state index >= 15 is 0 Å². The van der Waals surface area contributed by atoms with Crippen molar-refractivity contribution >= 4 is 6.09 Å². The molecule has 1 aliphatic rings. The van der Waals surface area contributed by atoms with Gasteiger partial charge in [0.05, 0.1) is 14.2 Å². The summed E-state index contributed by atoms with van der Waals surface area (Å²) in [4.78, 5) is 16.4. The van der Waals surface area contributed by atoms with Crippen molar-refractivity contribution in [1.82, 2.24) is 9.80 Å². The van der Waals surface area contributed by atoms with Gasteiger partial charge in [-0.3, -0.25) is 4.90 Å². The second-order valence-corrected chi connectivity index (χ2v) is 6.47. The van der Waals surface area contributed by atoms with Gasteiger partial charge in [0.2, 0.25) is 0 Å². The van der Waals surface area contributed by atoms with Gasteiger partial charge in [0.15, 0.2) is 11.5 Å². The van der Waals surface area contributed by atoms with E-state index < -0.39 is 0 Å². The number of hydrogen-bond acceptors (Lipinski definition) is 6. The summed E-state index contributed by atoms with van der Waals surface area (Å²) in [5.41, 5.74) is 0. The Labute approximate surface area is 162 Å². The first-order valence-electron chi connectivity index (χ1n) is 9.63. The third-order valence-corrected chi connectivity index (χ3v) is 4.96. The van der Waals surface area contributed by atoms with Crippen molar-refractivity contribution in [1.29, 1.82) is 0 Å². The average molecular weight is 380 g/mol. The van der Waals surface area contributed by atoms with Crippen LogP contribution in [0.25, 0.3) is 0 Å². The second-order valence-electron chi connectivity index (χ2n) is 6.47. The molecule has 2 rings (SSSR count). The molecule has 0 atom stereocenters. The van der Waals surface area contributed by atoms with Crippen LogP contribution in [0.4, 0.5) is 4.79 Å². The highest BCUT2D eigenvalue weighted by Gasteiger charge is 2.25. The van der Waals surface area contributed by atoms with E-state index in [1.807, 2.05) is 0 Å². The van der Waals surface area contributed by atoms with Crippen molar-refractivity contribution < 1.29 is 23.7 Å². The van der Waals surface area contributed by atoms with E-state index in [1.54, 1.807) is 37.3 Å². The lowest BCUT2D eigenvalue weighted by Gasteiger charge is -2.38. The van der Waals surface area contributed by atoms with Gasteiger partial charge < -0.3 is 23.8 Å². The van der Waals surface area contributed by atoms with Crippen LogP contribution in [0.2, 0.25) is 0 Å². The number of methoxy groups -OCH3 is 2. The van der Waals surface area contributed by atoms with Gasteiger partial charge in [-0.2, -0.15) is 0 Å². The molecule has 0 aliphatic carbocycles. The van der Waals surface area contributed by atoms with E-state index in [4.69, 9.17) is 18.9 Å². The molecule has 1 saturated heterocycles. The number of rotatable bonds is 9. The summed E-state index contributed by atoms with van der Waals surface area (Å²) < 4.78 is 21.4. The maximum atomic E-state index is 12.2. The zero-order valence-corrected chi connectivity index (χ0v) is 16.9. The van der Waals surface area contributed by atoms with Crippen molar-refractivity contribution in [3.8, 4) is 17.2 Å². The monoisotopic (exact) mass is 380 g/mol. The van der Waals surface area contributed by atoms with Gasteiger partial charge in [-0.15, -0.1) is 0 Å².